The average molecular weight is 368 g/mol. The minimum atomic E-state index is -0.453. The van der Waals surface area contributed by atoms with Crippen LogP contribution in [0, 0.1) is 0 Å². The van der Waals surface area contributed by atoms with Gasteiger partial charge in [-0.3, -0.25) is 4.90 Å². The van der Waals surface area contributed by atoms with E-state index in [1.54, 1.807) is 0 Å². The molecule has 0 spiro atoms. The molecule has 3 rings (SSSR count). The first kappa shape index (κ1) is 20.2. The Kier molecular flexibility index (Phi) is 8.91. The highest BCUT2D eigenvalue weighted by molar-refractivity contribution is 6.17. The predicted molar refractivity (Wildman–Crippen MR) is 110 cm³/mol. The Bertz CT molecular complexity index is 675. The first-order valence-electron chi connectivity index (χ1n) is 8.79. The van der Waals surface area contributed by atoms with E-state index in [-0.39, 0.29) is 0 Å². The van der Waals surface area contributed by atoms with Crippen molar-refractivity contribution in [3.8, 4) is 0 Å². The number of aliphatic hydroxyl groups excluding tert-OH is 1. The van der Waals surface area contributed by atoms with E-state index in [1.165, 1.54) is 16.7 Å². The lowest BCUT2D eigenvalue weighted by Crippen LogP contribution is -2.31. The van der Waals surface area contributed by atoms with Gasteiger partial charge in [0.25, 0.3) is 0 Å². The van der Waals surface area contributed by atoms with E-state index in [4.69, 9.17) is 11.6 Å². The highest BCUT2D eigenvalue weighted by atomic mass is 35.5. The van der Waals surface area contributed by atoms with Gasteiger partial charge in [0.15, 0.2) is 0 Å². The predicted octanol–water partition coefficient (Wildman–Crippen LogP) is 5.45. The number of benzene rings is 3. The molecule has 0 saturated carbocycles. The Balaban J connectivity index is 0.000000254. The molecule has 1 unspecified atom stereocenters. The third-order valence-corrected chi connectivity index (χ3v) is 4.29. The van der Waals surface area contributed by atoms with Crippen molar-refractivity contribution in [1.82, 2.24) is 4.90 Å². The van der Waals surface area contributed by atoms with Gasteiger partial charge in [-0.15, -0.1) is 11.6 Å². The van der Waals surface area contributed by atoms with Crippen molar-refractivity contribution in [1.29, 1.82) is 0 Å². The molecule has 2 nitrogen and oxygen atoms in total. The minimum Gasteiger partial charge on any atom is -0.379 e. The molecule has 1 atom stereocenters. The number of nitrogens with zero attached hydrogens (tertiary/aromatic N) is 1. The molecule has 0 radical (unpaired) electrons. The highest BCUT2D eigenvalue weighted by Gasteiger charge is 2.11. The molecule has 0 aliphatic rings. The second-order valence-corrected chi connectivity index (χ2v) is 6.39. The summed E-state index contributed by atoms with van der Waals surface area (Å²) in [6.45, 7) is 3.33. The van der Waals surface area contributed by atoms with Gasteiger partial charge in [-0.2, -0.15) is 0 Å². The smallest absolute Gasteiger partial charge is 0.105 e. The summed E-state index contributed by atoms with van der Waals surface area (Å²) in [6, 6.07) is 30.4. The summed E-state index contributed by atoms with van der Waals surface area (Å²) >= 11 is 5.53. The molecule has 3 aromatic carbocycles. The van der Waals surface area contributed by atoms with Crippen LogP contribution in [0.15, 0.2) is 91.0 Å². The van der Waals surface area contributed by atoms with Crippen LogP contribution in [0.4, 0.5) is 0 Å². The highest BCUT2D eigenvalue weighted by Crippen LogP contribution is 2.12. The summed E-state index contributed by atoms with van der Waals surface area (Å²) in [6.07, 6.45) is -0.453. The molecule has 0 bridgehead atoms. The van der Waals surface area contributed by atoms with E-state index in [0.717, 1.165) is 13.1 Å². The Hall–Kier alpha value is -2.13. The molecule has 0 fully saturated rings. The van der Waals surface area contributed by atoms with Gasteiger partial charge in [-0.05, 0) is 23.6 Å². The molecule has 0 heterocycles. The fourth-order valence-corrected chi connectivity index (χ4v) is 2.70. The van der Waals surface area contributed by atoms with Crippen LogP contribution in [0.2, 0.25) is 0 Å². The zero-order valence-electron chi connectivity index (χ0n) is 15.1. The third kappa shape index (κ3) is 7.40. The molecule has 0 saturated heterocycles. The van der Waals surface area contributed by atoms with Crippen molar-refractivity contribution in [2.45, 2.75) is 32.1 Å². The molecular weight excluding hydrogens is 342 g/mol. The van der Waals surface area contributed by atoms with Gasteiger partial charge in [0.05, 0.1) is 0 Å². The fraction of sp³-hybridized carbons (Fsp3) is 0.217. The van der Waals surface area contributed by atoms with Gasteiger partial charge in [0.1, 0.15) is 6.23 Å². The van der Waals surface area contributed by atoms with Gasteiger partial charge in [-0.1, -0.05) is 91.0 Å². The Morgan fingerprint density at radius 3 is 1.31 bits per heavy atom. The number of alkyl halides is 1. The molecule has 0 amide bonds. The van der Waals surface area contributed by atoms with Crippen LogP contribution in [0.5, 0.6) is 0 Å². The first-order valence-corrected chi connectivity index (χ1v) is 9.32. The quantitative estimate of drug-likeness (QED) is 0.462. The van der Waals surface area contributed by atoms with Gasteiger partial charge < -0.3 is 5.11 Å². The number of rotatable bonds is 6. The van der Waals surface area contributed by atoms with E-state index in [9.17, 15) is 5.11 Å². The number of halogens is 1. The van der Waals surface area contributed by atoms with E-state index >= 15 is 0 Å². The maximum atomic E-state index is 9.86. The van der Waals surface area contributed by atoms with Crippen LogP contribution in [0.25, 0.3) is 0 Å². The van der Waals surface area contributed by atoms with Crippen LogP contribution in [-0.4, -0.2) is 16.2 Å². The Labute approximate surface area is 161 Å². The molecule has 0 aliphatic carbocycles. The minimum absolute atomic E-state index is 0.453. The van der Waals surface area contributed by atoms with Gasteiger partial charge >= 0.3 is 0 Å². The van der Waals surface area contributed by atoms with Crippen molar-refractivity contribution < 1.29 is 5.11 Å². The van der Waals surface area contributed by atoms with Crippen LogP contribution >= 0.6 is 11.6 Å². The summed E-state index contributed by atoms with van der Waals surface area (Å²) in [5.74, 6) is 0.612. The monoisotopic (exact) mass is 367 g/mol. The van der Waals surface area contributed by atoms with Crippen LogP contribution in [0.3, 0.4) is 0 Å². The summed E-state index contributed by atoms with van der Waals surface area (Å²) in [4.78, 5) is 2.05. The lowest BCUT2D eigenvalue weighted by molar-refractivity contribution is 0.00647. The topological polar surface area (TPSA) is 23.5 Å². The van der Waals surface area contributed by atoms with Crippen molar-refractivity contribution in [3.63, 3.8) is 0 Å². The van der Waals surface area contributed by atoms with Crippen LogP contribution in [0.1, 0.15) is 23.6 Å². The molecule has 26 heavy (non-hydrogen) atoms. The zero-order valence-corrected chi connectivity index (χ0v) is 15.9. The lowest BCUT2D eigenvalue weighted by atomic mass is 10.1. The summed E-state index contributed by atoms with van der Waals surface area (Å²) in [5, 5.41) is 9.86. The largest absolute Gasteiger partial charge is 0.379 e. The molecule has 0 aliphatic heterocycles. The third-order valence-electron chi connectivity index (χ3n) is 3.98. The Morgan fingerprint density at radius 2 is 1.04 bits per heavy atom. The maximum Gasteiger partial charge on any atom is 0.105 e. The van der Waals surface area contributed by atoms with Crippen molar-refractivity contribution in [2.75, 3.05) is 0 Å². The van der Waals surface area contributed by atoms with Crippen molar-refractivity contribution in [3.05, 3.63) is 108 Å². The van der Waals surface area contributed by atoms with Crippen molar-refractivity contribution >= 4 is 11.6 Å². The van der Waals surface area contributed by atoms with E-state index in [1.807, 2.05) is 78.6 Å². The SMILES string of the molecule is CC(O)N(Cc1ccccc1)Cc1ccccc1.ClCc1ccccc1. The summed E-state index contributed by atoms with van der Waals surface area (Å²) in [5.41, 5.74) is 3.61. The van der Waals surface area contributed by atoms with Crippen LogP contribution < -0.4 is 0 Å². The normalized spacial score (nSPS) is 11.5. The van der Waals surface area contributed by atoms with Crippen LogP contribution in [-0.2, 0) is 19.0 Å². The molecule has 136 valence electrons. The molecule has 3 heteroatoms. The zero-order chi connectivity index (χ0) is 18.6. The second kappa shape index (κ2) is 11.5. The van der Waals surface area contributed by atoms with E-state index in [0.29, 0.717) is 5.88 Å². The number of hydrogen-bond acceptors (Lipinski definition) is 2. The Morgan fingerprint density at radius 1 is 0.692 bits per heavy atom. The molecule has 3 aromatic rings. The summed E-state index contributed by atoms with van der Waals surface area (Å²) in [7, 11) is 0. The van der Waals surface area contributed by atoms with E-state index in [2.05, 4.69) is 24.3 Å². The van der Waals surface area contributed by atoms with Crippen molar-refractivity contribution in [2.24, 2.45) is 0 Å². The maximum absolute atomic E-state index is 9.86. The molecular formula is C23H26ClNO. The summed E-state index contributed by atoms with van der Waals surface area (Å²) < 4.78 is 0. The van der Waals surface area contributed by atoms with Gasteiger partial charge in [0, 0.05) is 19.0 Å². The average Bonchev–Trinajstić information content (AvgIpc) is 2.70. The lowest BCUT2D eigenvalue weighted by Gasteiger charge is -2.25. The first-order chi connectivity index (χ1) is 12.7. The molecule has 0 aromatic heterocycles. The molecule has 1 N–H and O–H groups in total. The fourth-order valence-electron chi connectivity index (χ4n) is 2.52. The second-order valence-electron chi connectivity index (χ2n) is 6.13. The van der Waals surface area contributed by atoms with E-state index < -0.39 is 6.23 Å². The standard InChI is InChI=1S/C16H19NO.C7H7Cl/c1-14(18)17(12-15-8-4-2-5-9-15)13-16-10-6-3-7-11-16;8-6-7-4-2-1-3-5-7/h2-11,14,18H,12-13H2,1H3;1-5H,6H2. The number of hydrogen-bond donors (Lipinski definition) is 1. The number of aliphatic hydroxyl groups is 1. The van der Waals surface area contributed by atoms with Gasteiger partial charge in [-0.25, -0.2) is 0 Å². The van der Waals surface area contributed by atoms with Gasteiger partial charge in [0.2, 0.25) is 0 Å².